The molecule has 1 fully saturated rings. The van der Waals surface area contributed by atoms with Crippen molar-refractivity contribution in [3.05, 3.63) is 105 Å². The first-order valence-electron chi connectivity index (χ1n) is 14.0. The Morgan fingerprint density at radius 1 is 0.929 bits per heavy atom. The summed E-state index contributed by atoms with van der Waals surface area (Å²) < 4.78 is 19.4. The zero-order chi connectivity index (χ0) is 28.9. The predicted molar refractivity (Wildman–Crippen MR) is 160 cm³/mol. The molecule has 0 spiro atoms. The van der Waals surface area contributed by atoms with Crippen LogP contribution >= 0.6 is 11.6 Å². The minimum absolute atomic E-state index is 0.201. The van der Waals surface area contributed by atoms with Crippen molar-refractivity contribution in [3.63, 3.8) is 0 Å². The third kappa shape index (κ3) is 6.95. The van der Waals surface area contributed by atoms with Crippen molar-refractivity contribution < 1.29 is 19.1 Å². The van der Waals surface area contributed by atoms with Gasteiger partial charge >= 0.3 is 11.8 Å². The van der Waals surface area contributed by atoms with Crippen LogP contribution < -0.4 is 19.1 Å². The van der Waals surface area contributed by atoms with Gasteiger partial charge in [0.2, 0.25) is 0 Å². The van der Waals surface area contributed by atoms with Crippen LogP contribution in [0.1, 0.15) is 17.5 Å². The van der Waals surface area contributed by atoms with Gasteiger partial charge < -0.3 is 29.2 Å². The number of hydrogen-bond acceptors (Lipinski definition) is 8. The maximum absolute atomic E-state index is 11.0. The molecule has 0 aliphatic carbocycles. The van der Waals surface area contributed by atoms with E-state index in [9.17, 15) is 10.1 Å². The summed E-state index contributed by atoms with van der Waals surface area (Å²) in [7, 11) is 0. The second kappa shape index (κ2) is 12.7. The fourth-order valence-electron chi connectivity index (χ4n) is 5.18. The molecule has 4 aromatic rings. The van der Waals surface area contributed by atoms with Gasteiger partial charge in [0.1, 0.15) is 37.0 Å². The highest BCUT2D eigenvalue weighted by atomic mass is 35.5. The molecule has 0 radical (unpaired) electrons. The van der Waals surface area contributed by atoms with E-state index in [4.69, 9.17) is 25.8 Å². The van der Waals surface area contributed by atoms with Crippen LogP contribution in [0.15, 0.2) is 79.0 Å². The molecular weight excluding hydrogens is 558 g/mol. The maximum Gasteiger partial charge on any atom is 0.414 e. The lowest BCUT2D eigenvalue weighted by Crippen LogP contribution is -2.45. The average molecular weight is 590 g/mol. The van der Waals surface area contributed by atoms with Gasteiger partial charge in [-0.05, 0) is 64.6 Å². The van der Waals surface area contributed by atoms with Crippen LogP contribution in [0.2, 0.25) is 5.02 Å². The number of nitrogens with zero attached hydrogens (tertiary/aromatic N) is 5. The van der Waals surface area contributed by atoms with Gasteiger partial charge in [0.05, 0.1) is 0 Å². The van der Waals surface area contributed by atoms with E-state index in [2.05, 4.69) is 39.0 Å². The molecule has 0 bridgehead atoms. The molecule has 1 saturated heterocycles. The molecule has 11 heteroatoms. The third-order valence-corrected chi connectivity index (χ3v) is 7.76. The number of piperazine rings is 1. The minimum Gasteiger partial charge on any atom is -0.490 e. The van der Waals surface area contributed by atoms with E-state index in [1.807, 2.05) is 48.5 Å². The smallest absolute Gasteiger partial charge is 0.414 e. The number of hydrogen-bond donors (Lipinski definition) is 0. The Hall–Kier alpha value is -4.28. The highest BCUT2D eigenvalue weighted by Gasteiger charge is 2.28. The molecule has 2 aliphatic heterocycles. The summed E-state index contributed by atoms with van der Waals surface area (Å²) in [4.78, 5) is 19.2. The van der Waals surface area contributed by atoms with E-state index in [0.717, 1.165) is 54.8 Å². The molecule has 42 heavy (non-hydrogen) atoms. The van der Waals surface area contributed by atoms with E-state index >= 15 is 0 Å². The largest absolute Gasteiger partial charge is 0.490 e. The summed E-state index contributed by atoms with van der Waals surface area (Å²) in [5.41, 5.74) is 3.49. The standard InChI is InChI=1S/C31H32ClN5O5/c32-25-6-4-23(5-7-25)21-40-28-3-1-2-24(18-28)19-34-14-16-35(17-15-34)26-8-10-27(11-9-26)41-22-29-12-13-36-20-30(37(38)39)33-31(36)42-29/h1-11,18,20,29H,12-17,19,21-22H2. The Labute approximate surface area is 249 Å². The number of nitro groups is 1. The number of aryl methyl sites for hydroxylation is 1. The highest BCUT2D eigenvalue weighted by molar-refractivity contribution is 6.30. The van der Waals surface area contributed by atoms with Crippen LogP contribution in [0.5, 0.6) is 17.5 Å². The lowest BCUT2D eigenvalue weighted by molar-refractivity contribution is -0.389. The summed E-state index contributed by atoms with van der Waals surface area (Å²) in [5, 5.41) is 11.7. The second-order valence-corrected chi connectivity index (χ2v) is 10.9. The van der Waals surface area contributed by atoms with Gasteiger partial charge in [-0.1, -0.05) is 35.9 Å². The number of rotatable bonds is 10. The van der Waals surface area contributed by atoms with Crippen LogP contribution in [-0.4, -0.2) is 58.3 Å². The molecule has 3 aromatic carbocycles. The molecule has 0 N–H and O–H groups in total. The van der Waals surface area contributed by atoms with Crippen LogP contribution in [0.4, 0.5) is 11.5 Å². The Morgan fingerprint density at radius 2 is 1.71 bits per heavy atom. The molecule has 3 heterocycles. The van der Waals surface area contributed by atoms with Gasteiger partial charge in [-0.3, -0.25) is 9.47 Å². The van der Waals surface area contributed by atoms with E-state index in [1.165, 1.54) is 17.4 Å². The van der Waals surface area contributed by atoms with E-state index in [0.29, 0.717) is 26.2 Å². The molecule has 218 valence electrons. The Kier molecular flexibility index (Phi) is 8.43. The number of fused-ring (bicyclic) bond motifs is 1. The molecule has 0 saturated carbocycles. The zero-order valence-corrected chi connectivity index (χ0v) is 23.9. The zero-order valence-electron chi connectivity index (χ0n) is 23.1. The Bertz CT molecular complexity index is 1500. The number of imidazole rings is 1. The minimum atomic E-state index is -0.512. The van der Waals surface area contributed by atoms with Gasteiger partial charge in [-0.25, -0.2) is 0 Å². The number of ether oxygens (including phenoxy) is 3. The lowest BCUT2D eigenvalue weighted by atomic mass is 10.1. The molecular formula is C31H32ClN5O5. The van der Waals surface area contributed by atoms with Gasteiger partial charge in [-0.15, -0.1) is 0 Å². The molecule has 0 amide bonds. The summed E-state index contributed by atoms with van der Waals surface area (Å²) in [6.45, 7) is 6.20. The van der Waals surface area contributed by atoms with Gasteiger partial charge in [0, 0.05) is 61.4 Å². The van der Waals surface area contributed by atoms with Crippen molar-refractivity contribution in [3.8, 4) is 17.5 Å². The topological polar surface area (TPSA) is 95.1 Å². The summed E-state index contributed by atoms with van der Waals surface area (Å²) >= 11 is 5.97. The fraction of sp³-hybridized carbons (Fsp3) is 0.323. The van der Waals surface area contributed by atoms with Crippen LogP contribution in [0.25, 0.3) is 0 Å². The Morgan fingerprint density at radius 3 is 2.48 bits per heavy atom. The van der Waals surface area contributed by atoms with Crippen LogP contribution in [0.3, 0.4) is 0 Å². The predicted octanol–water partition coefficient (Wildman–Crippen LogP) is 5.58. The third-order valence-electron chi connectivity index (χ3n) is 7.51. The Balaban J connectivity index is 0.942. The van der Waals surface area contributed by atoms with Crippen molar-refractivity contribution in [1.82, 2.24) is 14.5 Å². The van der Waals surface area contributed by atoms with E-state index < -0.39 is 4.92 Å². The second-order valence-electron chi connectivity index (χ2n) is 10.5. The van der Waals surface area contributed by atoms with Crippen molar-refractivity contribution in [2.24, 2.45) is 0 Å². The molecule has 2 aliphatic rings. The summed E-state index contributed by atoms with van der Waals surface area (Å²) in [6.07, 6.45) is 1.90. The van der Waals surface area contributed by atoms with Crippen LogP contribution in [-0.2, 0) is 19.7 Å². The van der Waals surface area contributed by atoms with Crippen molar-refractivity contribution in [2.75, 3.05) is 37.7 Å². The normalized spacial score (nSPS) is 16.9. The lowest BCUT2D eigenvalue weighted by Gasteiger charge is -2.36. The maximum atomic E-state index is 11.0. The highest BCUT2D eigenvalue weighted by Crippen LogP contribution is 2.26. The SMILES string of the molecule is O=[N+]([O-])c1cn2c(n1)OC(COc1ccc(N3CCN(Cc4cccc(OCc5ccc(Cl)cc5)c4)CC3)cc1)CC2. The molecule has 10 nitrogen and oxygen atoms in total. The number of halogens is 1. The van der Waals surface area contributed by atoms with E-state index in [-0.39, 0.29) is 17.9 Å². The van der Waals surface area contributed by atoms with Crippen molar-refractivity contribution in [2.45, 2.75) is 32.2 Å². The fourth-order valence-corrected chi connectivity index (χ4v) is 5.31. The van der Waals surface area contributed by atoms with Gasteiger partial charge in [0.25, 0.3) is 0 Å². The first-order valence-corrected chi connectivity index (χ1v) is 14.4. The average Bonchev–Trinajstić information content (AvgIpc) is 3.45. The number of aromatic nitrogens is 2. The van der Waals surface area contributed by atoms with Gasteiger partial charge in [0.15, 0.2) is 0 Å². The van der Waals surface area contributed by atoms with Crippen molar-refractivity contribution >= 4 is 23.1 Å². The summed E-state index contributed by atoms with van der Waals surface area (Å²) in [5.74, 6) is 1.43. The van der Waals surface area contributed by atoms with E-state index in [1.54, 1.807) is 4.57 Å². The summed E-state index contributed by atoms with van der Waals surface area (Å²) in [6, 6.07) is 24.4. The molecule has 6 rings (SSSR count). The quantitative estimate of drug-likeness (QED) is 0.175. The molecule has 1 unspecified atom stereocenters. The number of benzene rings is 3. The first kappa shape index (κ1) is 27.9. The van der Waals surface area contributed by atoms with Crippen molar-refractivity contribution in [1.29, 1.82) is 0 Å². The van der Waals surface area contributed by atoms with Crippen LogP contribution in [0, 0.1) is 10.1 Å². The molecule has 1 aromatic heterocycles. The molecule has 1 atom stereocenters. The monoisotopic (exact) mass is 589 g/mol. The first-order chi connectivity index (χ1) is 20.5. The van der Waals surface area contributed by atoms with Gasteiger partial charge in [-0.2, -0.15) is 0 Å². The number of anilines is 1.